The molecule has 0 radical (unpaired) electrons. The van der Waals surface area contributed by atoms with Gasteiger partial charge in [0.05, 0.1) is 18.6 Å². The summed E-state index contributed by atoms with van der Waals surface area (Å²) >= 11 is 1.46. The van der Waals surface area contributed by atoms with Crippen LogP contribution in [0.25, 0.3) is 0 Å². The number of thiophene rings is 1. The summed E-state index contributed by atoms with van der Waals surface area (Å²) in [5.41, 5.74) is 11.1. The van der Waals surface area contributed by atoms with Crippen molar-refractivity contribution >= 4 is 23.2 Å². The predicted molar refractivity (Wildman–Crippen MR) is 64.1 cm³/mol. The van der Waals surface area contributed by atoms with E-state index in [0.717, 1.165) is 5.56 Å². The van der Waals surface area contributed by atoms with Crippen molar-refractivity contribution in [2.45, 2.75) is 18.6 Å². The minimum atomic E-state index is -0.970. The SMILES string of the molecule is NC(=O)CC(N)C(=O)NCC(O)c1ccsc1. The molecule has 0 aromatic carbocycles. The van der Waals surface area contributed by atoms with Crippen LogP contribution < -0.4 is 16.8 Å². The number of carbonyl (C=O) groups is 2. The third-order valence-electron chi connectivity index (χ3n) is 2.16. The second-order valence-electron chi connectivity index (χ2n) is 3.59. The Hall–Kier alpha value is -1.44. The minimum absolute atomic E-state index is 0.0576. The zero-order valence-corrected chi connectivity index (χ0v) is 9.94. The second kappa shape index (κ2) is 6.33. The van der Waals surface area contributed by atoms with E-state index in [-0.39, 0.29) is 13.0 Å². The Morgan fingerprint density at radius 1 is 1.53 bits per heavy atom. The van der Waals surface area contributed by atoms with Gasteiger partial charge in [0.2, 0.25) is 11.8 Å². The molecule has 0 aliphatic rings. The number of nitrogens with two attached hydrogens (primary N) is 2. The molecule has 0 fully saturated rings. The summed E-state index contributed by atoms with van der Waals surface area (Å²) in [4.78, 5) is 22.0. The van der Waals surface area contributed by atoms with Crippen LogP contribution in [0.3, 0.4) is 0 Å². The maximum Gasteiger partial charge on any atom is 0.237 e. The fraction of sp³-hybridized carbons (Fsp3) is 0.400. The van der Waals surface area contributed by atoms with Crippen LogP contribution in [0.4, 0.5) is 0 Å². The lowest BCUT2D eigenvalue weighted by atomic mass is 10.1. The van der Waals surface area contributed by atoms with E-state index in [1.165, 1.54) is 11.3 Å². The van der Waals surface area contributed by atoms with Gasteiger partial charge in [0.1, 0.15) is 0 Å². The van der Waals surface area contributed by atoms with Crippen LogP contribution in [0, 0.1) is 0 Å². The van der Waals surface area contributed by atoms with Crippen LogP contribution in [-0.4, -0.2) is 29.5 Å². The van der Waals surface area contributed by atoms with E-state index in [0.29, 0.717) is 0 Å². The molecule has 0 saturated carbocycles. The lowest BCUT2D eigenvalue weighted by molar-refractivity contribution is -0.126. The van der Waals surface area contributed by atoms with Gasteiger partial charge in [0.15, 0.2) is 0 Å². The molecule has 0 saturated heterocycles. The van der Waals surface area contributed by atoms with Crippen molar-refractivity contribution in [2.24, 2.45) is 11.5 Å². The summed E-state index contributed by atoms with van der Waals surface area (Å²) in [7, 11) is 0. The van der Waals surface area contributed by atoms with Crippen molar-refractivity contribution in [1.82, 2.24) is 5.32 Å². The number of hydrogen-bond donors (Lipinski definition) is 4. The van der Waals surface area contributed by atoms with Crippen molar-refractivity contribution < 1.29 is 14.7 Å². The standard InChI is InChI=1S/C10H15N3O3S/c11-7(3-9(12)15)10(16)13-4-8(14)6-1-2-17-5-6/h1-2,5,7-8,14H,3-4,11H2,(H2,12,15)(H,13,16). The molecule has 1 heterocycles. The molecule has 17 heavy (non-hydrogen) atoms. The molecule has 2 amide bonds. The molecular weight excluding hydrogens is 242 g/mol. The van der Waals surface area contributed by atoms with E-state index < -0.39 is 24.0 Å². The molecular formula is C10H15N3O3S. The van der Waals surface area contributed by atoms with Gasteiger partial charge in [-0.05, 0) is 22.4 Å². The largest absolute Gasteiger partial charge is 0.387 e. The van der Waals surface area contributed by atoms with Gasteiger partial charge in [-0.1, -0.05) is 0 Å². The molecule has 2 atom stereocenters. The second-order valence-corrected chi connectivity index (χ2v) is 4.37. The zero-order chi connectivity index (χ0) is 12.8. The van der Waals surface area contributed by atoms with E-state index in [1.54, 1.807) is 11.4 Å². The summed E-state index contributed by atoms with van der Waals surface area (Å²) in [6.07, 6.45) is -0.980. The highest BCUT2D eigenvalue weighted by molar-refractivity contribution is 7.07. The van der Waals surface area contributed by atoms with E-state index in [9.17, 15) is 14.7 Å². The number of primary amides is 1. The number of aliphatic hydroxyl groups is 1. The quantitative estimate of drug-likeness (QED) is 0.528. The number of aliphatic hydroxyl groups excluding tert-OH is 1. The Kier molecular flexibility index (Phi) is 5.08. The first kappa shape index (κ1) is 13.6. The van der Waals surface area contributed by atoms with Crippen LogP contribution in [0.15, 0.2) is 16.8 Å². The van der Waals surface area contributed by atoms with Crippen molar-refractivity contribution in [3.8, 4) is 0 Å². The molecule has 7 heteroatoms. The summed E-state index contributed by atoms with van der Waals surface area (Å²) < 4.78 is 0. The van der Waals surface area contributed by atoms with Crippen LogP contribution in [0.5, 0.6) is 0 Å². The number of hydrogen-bond acceptors (Lipinski definition) is 5. The Labute approximate surface area is 103 Å². The van der Waals surface area contributed by atoms with Crippen molar-refractivity contribution in [3.05, 3.63) is 22.4 Å². The van der Waals surface area contributed by atoms with Gasteiger partial charge in [-0.3, -0.25) is 9.59 Å². The normalized spacial score (nSPS) is 14.0. The molecule has 2 unspecified atom stereocenters. The third kappa shape index (κ3) is 4.51. The zero-order valence-electron chi connectivity index (χ0n) is 9.13. The van der Waals surface area contributed by atoms with Gasteiger partial charge in [0, 0.05) is 6.54 Å². The van der Waals surface area contributed by atoms with Crippen LogP contribution in [0.2, 0.25) is 0 Å². The van der Waals surface area contributed by atoms with Crippen LogP contribution in [-0.2, 0) is 9.59 Å². The van der Waals surface area contributed by atoms with Gasteiger partial charge in [0.25, 0.3) is 0 Å². The Balaban J connectivity index is 2.35. The number of rotatable bonds is 6. The smallest absolute Gasteiger partial charge is 0.237 e. The molecule has 1 aromatic heterocycles. The highest BCUT2D eigenvalue weighted by Crippen LogP contribution is 2.14. The highest BCUT2D eigenvalue weighted by atomic mass is 32.1. The van der Waals surface area contributed by atoms with Gasteiger partial charge in [-0.15, -0.1) is 0 Å². The average Bonchev–Trinajstić information content (AvgIpc) is 2.77. The monoisotopic (exact) mass is 257 g/mol. The van der Waals surface area contributed by atoms with Gasteiger partial charge < -0.3 is 21.9 Å². The predicted octanol–water partition coefficient (Wildman–Crippen LogP) is -0.900. The lowest BCUT2D eigenvalue weighted by Gasteiger charge is -2.13. The van der Waals surface area contributed by atoms with Crippen molar-refractivity contribution in [3.63, 3.8) is 0 Å². The Morgan fingerprint density at radius 3 is 2.76 bits per heavy atom. The topological polar surface area (TPSA) is 118 Å². The first-order valence-electron chi connectivity index (χ1n) is 5.02. The van der Waals surface area contributed by atoms with Gasteiger partial charge in [-0.25, -0.2) is 0 Å². The fourth-order valence-corrected chi connectivity index (χ4v) is 1.93. The molecule has 1 aromatic rings. The minimum Gasteiger partial charge on any atom is -0.387 e. The van der Waals surface area contributed by atoms with Gasteiger partial charge >= 0.3 is 0 Å². The average molecular weight is 257 g/mol. The molecule has 6 nitrogen and oxygen atoms in total. The summed E-state index contributed by atoms with van der Waals surface area (Å²) in [5.74, 6) is -1.14. The van der Waals surface area contributed by atoms with Gasteiger partial charge in [-0.2, -0.15) is 11.3 Å². The molecule has 0 aliphatic carbocycles. The molecule has 0 bridgehead atoms. The third-order valence-corrected chi connectivity index (χ3v) is 2.86. The van der Waals surface area contributed by atoms with Crippen LogP contribution >= 0.6 is 11.3 Å². The first-order valence-corrected chi connectivity index (χ1v) is 5.96. The maximum atomic E-state index is 11.4. The van der Waals surface area contributed by atoms with E-state index in [4.69, 9.17) is 11.5 Å². The molecule has 0 aliphatic heterocycles. The number of amides is 2. The maximum absolute atomic E-state index is 11.4. The number of nitrogens with one attached hydrogen (secondary N) is 1. The van der Waals surface area contributed by atoms with E-state index in [2.05, 4.69) is 5.32 Å². The lowest BCUT2D eigenvalue weighted by Crippen LogP contribution is -2.44. The molecule has 94 valence electrons. The number of carbonyl (C=O) groups excluding carboxylic acids is 2. The fourth-order valence-electron chi connectivity index (χ4n) is 1.22. The van der Waals surface area contributed by atoms with Crippen molar-refractivity contribution in [2.75, 3.05) is 6.54 Å². The van der Waals surface area contributed by atoms with E-state index >= 15 is 0 Å². The van der Waals surface area contributed by atoms with E-state index in [1.807, 2.05) is 5.38 Å². The highest BCUT2D eigenvalue weighted by Gasteiger charge is 2.17. The summed E-state index contributed by atoms with van der Waals surface area (Å²) in [6.45, 7) is 0.0576. The van der Waals surface area contributed by atoms with Crippen LogP contribution in [0.1, 0.15) is 18.1 Å². The molecule has 0 spiro atoms. The Morgan fingerprint density at radius 2 is 2.24 bits per heavy atom. The van der Waals surface area contributed by atoms with Crippen molar-refractivity contribution in [1.29, 1.82) is 0 Å². The Bertz CT molecular complexity index is 380. The summed E-state index contributed by atoms with van der Waals surface area (Å²) in [5, 5.41) is 15.8. The molecule has 1 rings (SSSR count). The summed E-state index contributed by atoms with van der Waals surface area (Å²) in [6, 6.07) is 0.798. The molecule has 6 N–H and O–H groups in total. The first-order chi connectivity index (χ1) is 8.00.